The maximum absolute atomic E-state index is 12.8. The van der Waals surface area contributed by atoms with E-state index in [0.717, 1.165) is 23.7 Å². The summed E-state index contributed by atoms with van der Waals surface area (Å²) in [6.07, 6.45) is -4.50. The first-order chi connectivity index (χ1) is 10.2. The molecule has 0 radical (unpaired) electrons. The van der Waals surface area contributed by atoms with E-state index in [4.69, 9.17) is 0 Å². The van der Waals surface area contributed by atoms with Crippen LogP contribution in [-0.4, -0.2) is 17.3 Å². The Morgan fingerprint density at radius 1 is 1.32 bits per heavy atom. The van der Waals surface area contributed by atoms with Crippen molar-refractivity contribution >= 4 is 44.1 Å². The molecule has 118 valence electrons. The van der Waals surface area contributed by atoms with Crippen LogP contribution in [0.15, 0.2) is 27.5 Å². The molecule has 0 unspecified atom stereocenters. The number of anilines is 2. The minimum atomic E-state index is -4.50. The highest BCUT2D eigenvalue weighted by Crippen LogP contribution is 2.34. The van der Waals surface area contributed by atoms with Crippen molar-refractivity contribution in [1.82, 2.24) is 9.69 Å². The Morgan fingerprint density at radius 2 is 2.00 bits per heavy atom. The molecule has 0 aliphatic carbocycles. The Labute approximate surface area is 134 Å². The Morgan fingerprint density at radius 3 is 2.59 bits per heavy atom. The van der Waals surface area contributed by atoms with Crippen molar-refractivity contribution < 1.29 is 18.0 Å². The molecule has 1 aromatic heterocycles. The number of nitrogens with one attached hydrogen (secondary N) is 3. The second-order valence-electron chi connectivity index (χ2n) is 4.17. The minimum absolute atomic E-state index is 0.0992. The Kier molecular flexibility index (Phi) is 4.61. The van der Waals surface area contributed by atoms with Crippen LogP contribution in [0.5, 0.6) is 0 Å². The number of halogens is 4. The van der Waals surface area contributed by atoms with Crippen molar-refractivity contribution in [3.8, 4) is 0 Å². The first-order valence-electron chi connectivity index (χ1n) is 5.80. The van der Waals surface area contributed by atoms with Crippen molar-refractivity contribution in [3.05, 3.63) is 44.2 Å². The molecule has 0 fully saturated rings. The zero-order chi connectivity index (χ0) is 16.5. The summed E-state index contributed by atoms with van der Waals surface area (Å²) < 4.78 is 40.9. The summed E-state index contributed by atoms with van der Waals surface area (Å²) >= 11 is 3.83. The quantitative estimate of drug-likeness (QED) is 0.746. The van der Waals surface area contributed by atoms with E-state index < -0.39 is 23.2 Å². The highest BCUT2D eigenvalue weighted by atomic mass is 79.9. The molecule has 2 aromatic rings. The molecular formula is C12H9BrF3N3O2S. The van der Waals surface area contributed by atoms with Gasteiger partial charge >= 0.3 is 6.18 Å². The molecule has 1 heterocycles. The fourth-order valence-corrected chi connectivity index (χ4v) is 2.92. The van der Waals surface area contributed by atoms with Gasteiger partial charge in [0.2, 0.25) is 0 Å². The van der Waals surface area contributed by atoms with E-state index in [1.54, 1.807) is 0 Å². The van der Waals surface area contributed by atoms with Crippen LogP contribution in [-0.2, 0) is 6.18 Å². The van der Waals surface area contributed by atoms with E-state index in [2.05, 4.69) is 30.9 Å². The highest BCUT2D eigenvalue weighted by molar-refractivity contribution is 9.10. The predicted molar refractivity (Wildman–Crippen MR) is 80.8 cm³/mol. The average molecular weight is 396 g/mol. The molecule has 0 bridgehead atoms. The Bertz CT molecular complexity index is 770. The molecule has 5 nitrogen and oxygen atoms in total. The number of benzene rings is 1. The summed E-state index contributed by atoms with van der Waals surface area (Å²) in [4.78, 5) is 23.2. The number of carbonyl (C=O) groups is 1. The number of amides is 1. The number of rotatable bonds is 3. The van der Waals surface area contributed by atoms with E-state index in [1.807, 2.05) is 0 Å². The van der Waals surface area contributed by atoms with Gasteiger partial charge in [0.1, 0.15) is 10.6 Å². The van der Waals surface area contributed by atoms with Gasteiger partial charge in [0.25, 0.3) is 11.5 Å². The van der Waals surface area contributed by atoms with Gasteiger partial charge < -0.3 is 10.6 Å². The van der Waals surface area contributed by atoms with E-state index in [1.165, 1.54) is 13.1 Å². The van der Waals surface area contributed by atoms with Crippen molar-refractivity contribution in [1.29, 1.82) is 0 Å². The van der Waals surface area contributed by atoms with Gasteiger partial charge in [0, 0.05) is 17.2 Å². The van der Waals surface area contributed by atoms with Crippen molar-refractivity contribution in [2.45, 2.75) is 6.18 Å². The SMILES string of the molecule is CNC(=O)c1c(Nc2cc(Br)cc(C(F)(F)F)c2)s[nH]c1=O. The van der Waals surface area contributed by atoms with Crippen LogP contribution in [0, 0.1) is 0 Å². The minimum Gasteiger partial charge on any atom is -0.355 e. The van der Waals surface area contributed by atoms with Gasteiger partial charge in [-0.2, -0.15) is 13.2 Å². The topological polar surface area (TPSA) is 74.0 Å². The Balaban J connectivity index is 2.42. The summed E-state index contributed by atoms with van der Waals surface area (Å²) in [5, 5.41) is 5.09. The van der Waals surface area contributed by atoms with Gasteiger partial charge in [0.05, 0.1) is 5.56 Å². The number of aromatic amines is 1. The number of aromatic nitrogens is 1. The van der Waals surface area contributed by atoms with Crippen LogP contribution in [0.4, 0.5) is 23.9 Å². The van der Waals surface area contributed by atoms with E-state index in [-0.39, 0.29) is 20.7 Å². The van der Waals surface area contributed by atoms with Gasteiger partial charge in [-0.1, -0.05) is 15.9 Å². The summed E-state index contributed by atoms with van der Waals surface area (Å²) in [6.45, 7) is 0. The van der Waals surface area contributed by atoms with Crippen LogP contribution in [0.2, 0.25) is 0 Å². The van der Waals surface area contributed by atoms with Crippen molar-refractivity contribution in [2.24, 2.45) is 0 Å². The fourth-order valence-electron chi connectivity index (χ4n) is 1.68. The monoisotopic (exact) mass is 395 g/mol. The van der Waals surface area contributed by atoms with Crippen molar-refractivity contribution in [2.75, 3.05) is 12.4 Å². The number of hydrogen-bond acceptors (Lipinski definition) is 4. The van der Waals surface area contributed by atoms with Crippen molar-refractivity contribution in [3.63, 3.8) is 0 Å². The van der Waals surface area contributed by atoms with Crippen LogP contribution >= 0.6 is 27.5 Å². The molecule has 1 amide bonds. The lowest BCUT2D eigenvalue weighted by atomic mass is 10.2. The molecule has 0 saturated heterocycles. The Hall–Kier alpha value is -1.81. The van der Waals surface area contributed by atoms with E-state index >= 15 is 0 Å². The second-order valence-corrected chi connectivity index (χ2v) is 5.90. The molecule has 10 heteroatoms. The molecule has 0 aliphatic rings. The third kappa shape index (κ3) is 3.50. The summed E-state index contributed by atoms with van der Waals surface area (Å²) in [7, 11) is 1.35. The number of alkyl halides is 3. The lowest BCUT2D eigenvalue weighted by Gasteiger charge is -2.11. The zero-order valence-electron chi connectivity index (χ0n) is 11.0. The van der Waals surface area contributed by atoms with Gasteiger partial charge in [-0.05, 0) is 29.7 Å². The molecule has 0 aliphatic heterocycles. The molecule has 1 aromatic carbocycles. The third-order valence-electron chi connectivity index (χ3n) is 2.64. The fraction of sp³-hybridized carbons (Fsp3) is 0.167. The van der Waals surface area contributed by atoms with Gasteiger partial charge in [-0.25, -0.2) is 0 Å². The number of carbonyl (C=O) groups excluding carboxylic acids is 1. The van der Waals surface area contributed by atoms with Crippen LogP contribution < -0.4 is 16.2 Å². The first-order valence-corrected chi connectivity index (χ1v) is 7.41. The zero-order valence-corrected chi connectivity index (χ0v) is 13.4. The normalized spacial score (nSPS) is 11.3. The van der Waals surface area contributed by atoms with E-state index in [0.29, 0.717) is 0 Å². The summed E-state index contributed by atoms with van der Waals surface area (Å²) in [6, 6.07) is 3.24. The first kappa shape index (κ1) is 16.6. The molecule has 3 N–H and O–H groups in total. The number of H-pyrrole nitrogens is 1. The highest BCUT2D eigenvalue weighted by Gasteiger charge is 2.31. The van der Waals surface area contributed by atoms with Gasteiger partial charge in [0.15, 0.2) is 0 Å². The average Bonchev–Trinajstić information content (AvgIpc) is 2.77. The second kappa shape index (κ2) is 6.13. The lowest BCUT2D eigenvalue weighted by molar-refractivity contribution is -0.137. The van der Waals surface area contributed by atoms with Crippen LogP contribution in [0.25, 0.3) is 0 Å². The summed E-state index contributed by atoms with van der Waals surface area (Å²) in [5.41, 5.74) is -1.55. The molecule has 2 rings (SSSR count). The van der Waals surface area contributed by atoms with Crippen LogP contribution in [0.3, 0.4) is 0 Å². The summed E-state index contributed by atoms with van der Waals surface area (Å²) in [5.74, 6) is -0.629. The predicted octanol–water partition coefficient (Wildman–Crippen LogP) is 3.32. The molecular weight excluding hydrogens is 387 g/mol. The molecule has 22 heavy (non-hydrogen) atoms. The lowest BCUT2D eigenvalue weighted by Crippen LogP contribution is -2.24. The maximum Gasteiger partial charge on any atom is 0.416 e. The largest absolute Gasteiger partial charge is 0.416 e. The molecule has 0 atom stereocenters. The number of hydrogen-bond donors (Lipinski definition) is 3. The molecule has 0 spiro atoms. The van der Waals surface area contributed by atoms with Gasteiger partial charge in [-0.15, -0.1) is 0 Å². The maximum atomic E-state index is 12.8. The van der Waals surface area contributed by atoms with E-state index in [9.17, 15) is 22.8 Å². The standard InChI is InChI=1S/C12H9BrF3N3O2S/c1-17-9(20)8-10(21)19-22-11(8)18-7-3-5(12(14,15)16)2-6(13)4-7/h2-4,18H,1H3,(H,17,20)(H,19,21). The van der Waals surface area contributed by atoms with Crippen LogP contribution in [0.1, 0.15) is 15.9 Å². The molecule has 0 saturated carbocycles. The third-order valence-corrected chi connectivity index (χ3v) is 3.89. The smallest absolute Gasteiger partial charge is 0.355 e. The van der Waals surface area contributed by atoms with Gasteiger partial charge in [-0.3, -0.25) is 14.0 Å².